The zero-order valence-corrected chi connectivity index (χ0v) is 14.6. The van der Waals surface area contributed by atoms with Crippen LogP contribution in [0.25, 0.3) is 0 Å². The summed E-state index contributed by atoms with van der Waals surface area (Å²) in [5, 5.41) is 0. The molecule has 0 radical (unpaired) electrons. The Morgan fingerprint density at radius 3 is 1.60 bits per heavy atom. The van der Waals surface area contributed by atoms with E-state index in [2.05, 4.69) is 13.1 Å². The van der Waals surface area contributed by atoms with Gasteiger partial charge in [0.25, 0.3) is 0 Å². The first-order valence-corrected chi connectivity index (χ1v) is 10.6. The van der Waals surface area contributed by atoms with Gasteiger partial charge in [-0.25, -0.2) is 0 Å². The molecule has 6 heteroatoms. The van der Waals surface area contributed by atoms with Gasteiger partial charge in [-0.3, -0.25) is 0 Å². The van der Waals surface area contributed by atoms with Gasteiger partial charge in [-0.15, -0.1) is 0 Å². The van der Waals surface area contributed by atoms with Gasteiger partial charge in [-0.2, -0.15) is 0 Å². The summed E-state index contributed by atoms with van der Waals surface area (Å²) < 4.78 is 26.9. The van der Waals surface area contributed by atoms with E-state index < -0.39 is 8.32 Å². The third-order valence-electron chi connectivity index (χ3n) is 2.94. The van der Waals surface area contributed by atoms with E-state index in [1.807, 2.05) is 6.92 Å². The Hall–Kier alpha value is 0.0169. The minimum absolute atomic E-state index is 0.610. The number of hydrogen-bond acceptors (Lipinski definition) is 5. The van der Waals surface area contributed by atoms with E-state index in [1.54, 1.807) is 7.11 Å². The lowest BCUT2D eigenvalue weighted by Gasteiger charge is -2.19. The fraction of sp³-hybridized carbons (Fsp3) is 1.00. The zero-order valence-electron chi connectivity index (χ0n) is 13.6. The van der Waals surface area contributed by atoms with Crippen LogP contribution in [-0.4, -0.2) is 68.3 Å². The van der Waals surface area contributed by atoms with Gasteiger partial charge in [0.2, 0.25) is 0 Å². The third kappa shape index (κ3) is 14.4. The third-order valence-corrected chi connectivity index (χ3v) is 5.60. The van der Waals surface area contributed by atoms with Gasteiger partial charge in [0.1, 0.15) is 0 Å². The number of rotatable bonds is 15. The summed E-state index contributed by atoms with van der Waals surface area (Å²) in [5.41, 5.74) is 0. The molecule has 0 aliphatic rings. The predicted molar refractivity (Wildman–Crippen MR) is 82.9 cm³/mol. The monoisotopic (exact) mass is 308 g/mol. The molecular weight excluding hydrogens is 276 g/mol. The molecule has 0 bridgehead atoms. The van der Waals surface area contributed by atoms with Crippen molar-refractivity contribution in [2.24, 2.45) is 0 Å². The van der Waals surface area contributed by atoms with Crippen molar-refractivity contribution in [3.63, 3.8) is 0 Å². The largest absolute Gasteiger partial charge is 0.420 e. The minimum Gasteiger partial charge on any atom is -0.420 e. The Morgan fingerprint density at radius 2 is 1.15 bits per heavy atom. The summed E-state index contributed by atoms with van der Waals surface area (Å²) in [6, 6.07) is 1.14. The fourth-order valence-corrected chi connectivity index (χ4v) is 2.71. The van der Waals surface area contributed by atoms with Crippen molar-refractivity contribution in [3.8, 4) is 0 Å². The molecule has 0 atom stereocenters. The van der Waals surface area contributed by atoms with E-state index in [9.17, 15) is 0 Å². The SMILES string of the molecule is CCOCCOCCOCCOCCC[Si](C)(C)OC. The Kier molecular flexibility index (Phi) is 14.0. The van der Waals surface area contributed by atoms with E-state index in [4.69, 9.17) is 23.4 Å². The Balaban J connectivity index is 3.06. The van der Waals surface area contributed by atoms with Gasteiger partial charge in [0.15, 0.2) is 8.32 Å². The Bertz CT molecular complexity index is 202. The molecule has 0 amide bonds. The molecule has 122 valence electrons. The molecule has 0 saturated heterocycles. The lowest BCUT2D eigenvalue weighted by molar-refractivity contribution is -0.000446. The van der Waals surface area contributed by atoms with Gasteiger partial charge in [0, 0.05) is 20.3 Å². The van der Waals surface area contributed by atoms with Crippen molar-refractivity contribution in [3.05, 3.63) is 0 Å². The molecule has 0 spiro atoms. The molecule has 0 unspecified atom stereocenters. The lowest BCUT2D eigenvalue weighted by atomic mass is 10.5. The summed E-state index contributed by atoms with van der Waals surface area (Å²) >= 11 is 0. The highest BCUT2D eigenvalue weighted by Gasteiger charge is 2.19. The van der Waals surface area contributed by atoms with E-state index in [1.165, 1.54) is 0 Å². The summed E-state index contributed by atoms with van der Waals surface area (Å²) in [5.74, 6) is 0. The van der Waals surface area contributed by atoms with Crippen LogP contribution in [0.4, 0.5) is 0 Å². The predicted octanol–water partition coefficient (Wildman–Crippen LogP) is 2.31. The van der Waals surface area contributed by atoms with Gasteiger partial charge in [-0.1, -0.05) is 0 Å². The molecule has 0 aliphatic heterocycles. The summed E-state index contributed by atoms with van der Waals surface area (Å²) in [7, 11) is 0.388. The number of ether oxygens (including phenoxy) is 4. The first-order valence-electron chi connectivity index (χ1n) is 7.48. The van der Waals surface area contributed by atoms with Crippen molar-refractivity contribution in [1.29, 1.82) is 0 Å². The smallest absolute Gasteiger partial charge is 0.186 e. The summed E-state index contributed by atoms with van der Waals surface area (Å²) in [6.07, 6.45) is 1.06. The second-order valence-electron chi connectivity index (χ2n) is 5.10. The Labute approximate surface area is 125 Å². The van der Waals surface area contributed by atoms with Gasteiger partial charge in [-0.05, 0) is 32.5 Å². The molecule has 0 fully saturated rings. The van der Waals surface area contributed by atoms with Crippen LogP contribution in [0, 0.1) is 0 Å². The van der Waals surface area contributed by atoms with E-state index >= 15 is 0 Å². The highest BCUT2D eigenvalue weighted by Crippen LogP contribution is 2.11. The molecule has 5 nitrogen and oxygen atoms in total. The van der Waals surface area contributed by atoms with Crippen LogP contribution in [0.1, 0.15) is 13.3 Å². The van der Waals surface area contributed by atoms with Crippen molar-refractivity contribution in [1.82, 2.24) is 0 Å². The molecular formula is C14H32O5Si. The van der Waals surface area contributed by atoms with Crippen molar-refractivity contribution >= 4 is 8.32 Å². The fourth-order valence-electron chi connectivity index (χ4n) is 1.51. The van der Waals surface area contributed by atoms with Gasteiger partial charge in [0.05, 0.1) is 39.6 Å². The minimum atomic E-state index is -1.42. The van der Waals surface area contributed by atoms with Crippen LogP contribution in [0.15, 0.2) is 0 Å². The van der Waals surface area contributed by atoms with Crippen molar-refractivity contribution in [2.45, 2.75) is 32.5 Å². The van der Waals surface area contributed by atoms with Crippen LogP contribution in [0.5, 0.6) is 0 Å². The molecule has 0 aromatic heterocycles. The van der Waals surface area contributed by atoms with Crippen LogP contribution >= 0.6 is 0 Å². The van der Waals surface area contributed by atoms with Crippen LogP contribution < -0.4 is 0 Å². The summed E-state index contributed by atoms with van der Waals surface area (Å²) in [6.45, 7) is 11.7. The molecule has 20 heavy (non-hydrogen) atoms. The van der Waals surface area contributed by atoms with E-state index in [0.717, 1.165) is 25.7 Å². The standard InChI is InChI=1S/C14H32O5Si/c1-5-16-8-9-18-12-13-19-11-10-17-7-6-14-20(3,4)15-2/h5-14H2,1-4H3. The number of hydrogen-bond donors (Lipinski definition) is 0. The zero-order chi connectivity index (χ0) is 15.1. The maximum absolute atomic E-state index is 5.51. The maximum Gasteiger partial charge on any atom is 0.186 e. The lowest BCUT2D eigenvalue weighted by Crippen LogP contribution is -2.28. The molecule has 0 aromatic carbocycles. The molecule has 0 N–H and O–H groups in total. The van der Waals surface area contributed by atoms with Gasteiger partial charge < -0.3 is 23.4 Å². The quantitative estimate of drug-likeness (QED) is 0.343. The molecule has 0 rings (SSSR count). The van der Waals surface area contributed by atoms with E-state index in [0.29, 0.717) is 39.6 Å². The molecule has 0 aliphatic carbocycles. The topological polar surface area (TPSA) is 46.2 Å². The van der Waals surface area contributed by atoms with E-state index in [-0.39, 0.29) is 0 Å². The van der Waals surface area contributed by atoms with Crippen molar-refractivity contribution < 1.29 is 23.4 Å². The first-order chi connectivity index (χ1) is 9.62. The van der Waals surface area contributed by atoms with Crippen LogP contribution in [0.2, 0.25) is 19.1 Å². The van der Waals surface area contributed by atoms with Gasteiger partial charge >= 0.3 is 0 Å². The molecule has 0 aromatic rings. The molecule has 0 heterocycles. The maximum atomic E-state index is 5.51. The average molecular weight is 308 g/mol. The second-order valence-corrected chi connectivity index (χ2v) is 9.53. The first kappa shape index (κ1) is 20.0. The van der Waals surface area contributed by atoms with Crippen LogP contribution in [-0.2, 0) is 23.4 Å². The highest BCUT2D eigenvalue weighted by atomic mass is 28.4. The van der Waals surface area contributed by atoms with Crippen LogP contribution in [0.3, 0.4) is 0 Å². The highest BCUT2D eigenvalue weighted by molar-refractivity contribution is 6.71. The molecule has 0 saturated carbocycles. The van der Waals surface area contributed by atoms with Crippen molar-refractivity contribution in [2.75, 3.05) is 60.0 Å². The second kappa shape index (κ2) is 14.0. The average Bonchev–Trinajstić information content (AvgIpc) is 2.44. The normalized spacial score (nSPS) is 12.0. The summed E-state index contributed by atoms with van der Waals surface area (Å²) in [4.78, 5) is 0. The Morgan fingerprint density at radius 1 is 0.700 bits per heavy atom.